The van der Waals surface area contributed by atoms with Crippen LogP contribution in [-0.2, 0) is 5.75 Å². The van der Waals surface area contributed by atoms with Crippen molar-refractivity contribution in [3.05, 3.63) is 45.9 Å². The van der Waals surface area contributed by atoms with Crippen molar-refractivity contribution in [1.82, 2.24) is 4.98 Å². The number of hydrogen-bond donors (Lipinski definition) is 0. The monoisotopic (exact) mass is 285 g/mol. The van der Waals surface area contributed by atoms with Crippen molar-refractivity contribution < 1.29 is 0 Å². The molecule has 0 unspecified atom stereocenters. The molecule has 1 heterocycles. The third-order valence-corrected chi connectivity index (χ3v) is 4.19. The van der Waals surface area contributed by atoms with Crippen LogP contribution in [0, 0.1) is 0 Å². The fourth-order valence-corrected chi connectivity index (χ4v) is 3.08. The van der Waals surface area contributed by atoms with Crippen LogP contribution in [0.4, 0.5) is 0 Å². The number of aromatic nitrogens is 1. The van der Waals surface area contributed by atoms with Crippen molar-refractivity contribution in [3.8, 4) is 0 Å². The lowest BCUT2D eigenvalue weighted by Gasteiger charge is -1.99. The molecule has 72 valence electrons. The van der Waals surface area contributed by atoms with Crippen molar-refractivity contribution in [2.24, 2.45) is 0 Å². The molecule has 0 aliphatic carbocycles. The fraction of sp³-hybridized carbons (Fsp3) is 0.100. The van der Waals surface area contributed by atoms with Crippen LogP contribution in [0.3, 0.4) is 0 Å². The number of thioether (sulfide) groups is 1. The molecule has 1 aromatic heterocycles. The van der Waals surface area contributed by atoms with Gasteiger partial charge in [-0.05, 0) is 17.7 Å². The van der Waals surface area contributed by atoms with Gasteiger partial charge in [-0.3, -0.25) is 0 Å². The smallest absolute Gasteiger partial charge is 0.150 e. The van der Waals surface area contributed by atoms with E-state index in [1.54, 1.807) is 23.1 Å². The Morgan fingerprint density at radius 1 is 1.43 bits per heavy atom. The summed E-state index contributed by atoms with van der Waals surface area (Å²) in [5, 5.41) is 2.00. The minimum Gasteiger partial charge on any atom is -0.238 e. The quantitative estimate of drug-likeness (QED) is 0.784. The first-order valence-electron chi connectivity index (χ1n) is 4.11. The lowest BCUT2D eigenvalue weighted by atomic mass is 10.2. The highest BCUT2D eigenvalue weighted by Crippen LogP contribution is 2.25. The largest absolute Gasteiger partial charge is 0.238 e. The molecule has 0 bridgehead atoms. The Kier molecular flexibility index (Phi) is 3.61. The number of thiazole rings is 1. The van der Waals surface area contributed by atoms with Gasteiger partial charge in [0.15, 0.2) is 0 Å². The van der Waals surface area contributed by atoms with Gasteiger partial charge in [0.2, 0.25) is 0 Å². The Morgan fingerprint density at radius 3 is 3.07 bits per heavy atom. The molecule has 2 rings (SSSR count). The molecule has 14 heavy (non-hydrogen) atoms. The molecule has 0 radical (unpaired) electrons. The first-order chi connectivity index (χ1) is 6.84. The zero-order valence-corrected chi connectivity index (χ0v) is 10.5. The molecule has 1 nitrogen and oxygen atoms in total. The minimum absolute atomic E-state index is 0.979. The van der Waals surface area contributed by atoms with E-state index in [0.717, 1.165) is 14.6 Å². The molecule has 2 aromatic rings. The zero-order valence-electron chi connectivity index (χ0n) is 7.31. The lowest BCUT2D eigenvalue weighted by Crippen LogP contribution is -1.79. The van der Waals surface area contributed by atoms with E-state index < -0.39 is 0 Å². The van der Waals surface area contributed by atoms with E-state index in [4.69, 9.17) is 0 Å². The normalized spacial score (nSPS) is 10.4. The number of hydrogen-bond acceptors (Lipinski definition) is 3. The molecule has 0 saturated heterocycles. The summed E-state index contributed by atoms with van der Waals surface area (Å²) in [4.78, 5) is 4.22. The van der Waals surface area contributed by atoms with E-state index in [9.17, 15) is 0 Å². The molecule has 0 N–H and O–H groups in total. The summed E-state index contributed by atoms with van der Waals surface area (Å²) in [5.74, 6) is 0.979. The predicted molar refractivity (Wildman–Crippen MR) is 65.8 cm³/mol. The molecule has 0 fully saturated rings. The molecule has 1 aromatic carbocycles. The SMILES string of the molecule is Brc1cccc(CSc2nccs2)c1. The first kappa shape index (κ1) is 10.2. The Labute approximate surface area is 99.7 Å². The van der Waals surface area contributed by atoms with Crippen LogP contribution in [-0.4, -0.2) is 4.98 Å². The van der Waals surface area contributed by atoms with Crippen molar-refractivity contribution >= 4 is 39.0 Å². The predicted octanol–water partition coefficient (Wildman–Crippen LogP) is 4.20. The molecule has 0 saturated carbocycles. The summed E-state index contributed by atoms with van der Waals surface area (Å²) in [7, 11) is 0. The standard InChI is InChI=1S/C10H8BrNS2/c11-9-3-1-2-8(6-9)7-14-10-12-4-5-13-10/h1-6H,7H2. The topological polar surface area (TPSA) is 12.9 Å². The van der Waals surface area contributed by atoms with E-state index >= 15 is 0 Å². The van der Waals surface area contributed by atoms with E-state index in [0.29, 0.717) is 0 Å². The molecule has 0 spiro atoms. The zero-order chi connectivity index (χ0) is 9.80. The highest BCUT2D eigenvalue weighted by molar-refractivity contribution is 9.10. The number of halogens is 1. The van der Waals surface area contributed by atoms with Gasteiger partial charge >= 0.3 is 0 Å². The molecule has 0 atom stereocenters. The Hall–Kier alpha value is -0.320. The Balaban J connectivity index is 1.98. The maximum Gasteiger partial charge on any atom is 0.150 e. The van der Waals surface area contributed by atoms with Crippen molar-refractivity contribution in [3.63, 3.8) is 0 Å². The second-order valence-corrected chi connectivity index (χ2v) is 5.75. The van der Waals surface area contributed by atoms with E-state index in [2.05, 4.69) is 39.1 Å². The van der Waals surface area contributed by atoms with Gasteiger partial charge in [-0.1, -0.05) is 39.8 Å². The number of rotatable bonds is 3. The average molecular weight is 286 g/mol. The fourth-order valence-electron chi connectivity index (χ4n) is 1.05. The summed E-state index contributed by atoms with van der Waals surface area (Å²) in [6, 6.07) is 8.37. The van der Waals surface area contributed by atoms with Crippen LogP contribution in [0.15, 0.2) is 44.7 Å². The van der Waals surface area contributed by atoms with Crippen molar-refractivity contribution in [2.75, 3.05) is 0 Å². The summed E-state index contributed by atoms with van der Waals surface area (Å²) in [5.41, 5.74) is 1.32. The Bertz CT molecular complexity index is 400. The first-order valence-corrected chi connectivity index (χ1v) is 6.77. The van der Waals surface area contributed by atoms with Crippen molar-refractivity contribution in [1.29, 1.82) is 0 Å². The highest BCUT2D eigenvalue weighted by atomic mass is 79.9. The van der Waals surface area contributed by atoms with Crippen LogP contribution < -0.4 is 0 Å². The summed E-state index contributed by atoms with van der Waals surface area (Å²) >= 11 is 6.92. The maximum atomic E-state index is 4.22. The molecular formula is C10H8BrNS2. The molecule has 4 heteroatoms. The van der Waals surface area contributed by atoms with Crippen LogP contribution >= 0.6 is 39.0 Å². The Morgan fingerprint density at radius 2 is 2.36 bits per heavy atom. The van der Waals surface area contributed by atoms with E-state index in [1.165, 1.54) is 5.56 Å². The molecule has 0 aliphatic rings. The molecule has 0 amide bonds. The van der Waals surface area contributed by atoms with Gasteiger partial charge in [-0.2, -0.15) is 0 Å². The van der Waals surface area contributed by atoms with Gasteiger partial charge in [-0.15, -0.1) is 11.3 Å². The number of nitrogens with zero attached hydrogens (tertiary/aromatic N) is 1. The second-order valence-electron chi connectivity index (χ2n) is 2.72. The molecule has 0 aliphatic heterocycles. The number of benzene rings is 1. The third kappa shape index (κ3) is 2.83. The van der Waals surface area contributed by atoms with Crippen LogP contribution in [0.2, 0.25) is 0 Å². The van der Waals surface area contributed by atoms with Gasteiger partial charge in [-0.25, -0.2) is 4.98 Å². The summed E-state index contributed by atoms with van der Waals surface area (Å²) < 4.78 is 2.26. The summed E-state index contributed by atoms with van der Waals surface area (Å²) in [6.45, 7) is 0. The van der Waals surface area contributed by atoms with Crippen molar-refractivity contribution in [2.45, 2.75) is 10.1 Å². The second kappa shape index (κ2) is 4.96. The van der Waals surface area contributed by atoms with Crippen LogP contribution in [0.1, 0.15) is 5.56 Å². The van der Waals surface area contributed by atoms with E-state index in [-0.39, 0.29) is 0 Å². The lowest BCUT2D eigenvalue weighted by molar-refractivity contribution is 1.24. The molecular weight excluding hydrogens is 278 g/mol. The van der Waals surface area contributed by atoms with Crippen LogP contribution in [0.25, 0.3) is 0 Å². The minimum atomic E-state index is 0.979. The van der Waals surface area contributed by atoms with Crippen LogP contribution in [0.5, 0.6) is 0 Å². The highest BCUT2D eigenvalue weighted by Gasteiger charge is 1.98. The van der Waals surface area contributed by atoms with E-state index in [1.807, 2.05) is 17.6 Å². The van der Waals surface area contributed by atoms with Gasteiger partial charge in [0.05, 0.1) is 0 Å². The van der Waals surface area contributed by atoms with Gasteiger partial charge in [0, 0.05) is 21.8 Å². The average Bonchev–Trinajstić information content (AvgIpc) is 2.67. The third-order valence-electron chi connectivity index (χ3n) is 1.66. The van der Waals surface area contributed by atoms with Gasteiger partial charge in [0.25, 0.3) is 0 Å². The van der Waals surface area contributed by atoms with Gasteiger partial charge < -0.3 is 0 Å². The maximum absolute atomic E-state index is 4.22. The summed E-state index contributed by atoms with van der Waals surface area (Å²) in [6.07, 6.45) is 1.84. The van der Waals surface area contributed by atoms with Gasteiger partial charge in [0.1, 0.15) is 4.34 Å².